The highest BCUT2D eigenvalue weighted by Crippen LogP contribution is 2.23. The molecule has 106 valence electrons. The number of nitrogen functional groups attached to an aromatic ring is 1. The van der Waals surface area contributed by atoms with Gasteiger partial charge in [0.05, 0.1) is 24.8 Å². The molecule has 0 amide bonds. The molecule has 0 saturated carbocycles. The number of nitrogens with two attached hydrogens (primary N) is 1. The molecule has 21 heavy (non-hydrogen) atoms. The van der Waals surface area contributed by atoms with E-state index in [1.165, 1.54) is 0 Å². The zero-order chi connectivity index (χ0) is 14.7. The van der Waals surface area contributed by atoms with Gasteiger partial charge < -0.3 is 10.5 Å². The summed E-state index contributed by atoms with van der Waals surface area (Å²) in [4.78, 5) is 8.38. The number of methoxy groups -OCH3 is 1. The summed E-state index contributed by atoms with van der Waals surface area (Å²) in [5.41, 5.74) is 9.73. The lowest BCUT2D eigenvalue weighted by atomic mass is 10.2. The molecule has 0 spiro atoms. The van der Waals surface area contributed by atoms with Crippen molar-refractivity contribution in [2.45, 2.75) is 6.61 Å². The van der Waals surface area contributed by atoms with Crippen LogP contribution in [0.15, 0.2) is 55.1 Å². The van der Waals surface area contributed by atoms with Crippen LogP contribution in [0.3, 0.4) is 0 Å². The van der Waals surface area contributed by atoms with E-state index >= 15 is 0 Å². The van der Waals surface area contributed by atoms with Crippen molar-refractivity contribution in [3.8, 4) is 16.9 Å². The smallest absolute Gasteiger partial charge is 0.123 e. The molecule has 2 aromatic heterocycles. The van der Waals surface area contributed by atoms with Crippen LogP contribution in [0, 0.1) is 0 Å². The molecule has 3 aromatic rings. The van der Waals surface area contributed by atoms with Crippen LogP contribution >= 0.6 is 0 Å². The summed E-state index contributed by atoms with van der Waals surface area (Å²) in [6.07, 6.45) is 5.36. The molecule has 0 aliphatic rings. The van der Waals surface area contributed by atoms with Crippen LogP contribution in [0.25, 0.3) is 16.9 Å². The van der Waals surface area contributed by atoms with Gasteiger partial charge in [-0.2, -0.15) is 0 Å². The number of imidazole rings is 1. The normalized spacial score (nSPS) is 10.7. The van der Waals surface area contributed by atoms with E-state index in [-0.39, 0.29) is 0 Å². The summed E-state index contributed by atoms with van der Waals surface area (Å²) in [7, 11) is 1.69. The van der Waals surface area contributed by atoms with Crippen molar-refractivity contribution in [2.24, 2.45) is 0 Å². The Labute approximate surface area is 123 Å². The maximum atomic E-state index is 5.63. The van der Waals surface area contributed by atoms with Gasteiger partial charge in [-0.1, -0.05) is 12.1 Å². The van der Waals surface area contributed by atoms with E-state index in [9.17, 15) is 0 Å². The fourth-order valence-electron chi connectivity index (χ4n) is 2.23. The molecule has 0 aliphatic carbocycles. The van der Waals surface area contributed by atoms with Gasteiger partial charge >= 0.3 is 0 Å². The molecule has 0 saturated heterocycles. The van der Waals surface area contributed by atoms with Crippen LogP contribution in [0.4, 0.5) is 5.82 Å². The topological polar surface area (TPSA) is 66.0 Å². The summed E-state index contributed by atoms with van der Waals surface area (Å²) in [5.74, 6) is 0.506. The largest absolute Gasteiger partial charge is 0.384 e. The number of aromatic nitrogens is 3. The fourth-order valence-corrected chi connectivity index (χ4v) is 2.23. The average molecular weight is 280 g/mol. The van der Waals surface area contributed by atoms with Gasteiger partial charge in [-0.05, 0) is 29.8 Å². The second-order valence-electron chi connectivity index (χ2n) is 4.72. The molecule has 2 N–H and O–H groups in total. The van der Waals surface area contributed by atoms with E-state index in [0.29, 0.717) is 12.4 Å². The SMILES string of the molecule is COCc1cccc(-n2cncc2-c2ccc(N)nc2)c1. The Balaban J connectivity index is 2.02. The Kier molecular flexibility index (Phi) is 3.66. The van der Waals surface area contributed by atoms with E-state index in [1.54, 1.807) is 25.7 Å². The molecule has 2 heterocycles. The van der Waals surface area contributed by atoms with Gasteiger partial charge in [0, 0.05) is 24.6 Å². The van der Waals surface area contributed by atoms with Gasteiger partial charge in [0.2, 0.25) is 0 Å². The van der Waals surface area contributed by atoms with Crippen molar-refractivity contribution in [3.63, 3.8) is 0 Å². The molecule has 5 nitrogen and oxygen atoms in total. The Morgan fingerprint density at radius 1 is 1.19 bits per heavy atom. The van der Waals surface area contributed by atoms with E-state index in [2.05, 4.69) is 16.0 Å². The Morgan fingerprint density at radius 2 is 2.10 bits per heavy atom. The van der Waals surface area contributed by atoms with Crippen molar-refractivity contribution in [1.82, 2.24) is 14.5 Å². The minimum atomic E-state index is 0.506. The highest BCUT2D eigenvalue weighted by molar-refractivity contribution is 5.62. The maximum absolute atomic E-state index is 5.63. The van der Waals surface area contributed by atoms with Gasteiger partial charge in [-0.3, -0.25) is 4.57 Å². The van der Waals surface area contributed by atoms with Crippen molar-refractivity contribution in [3.05, 3.63) is 60.7 Å². The predicted octanol–water partition coefficient (Wildman–Crippen LogP) is 2.66. The van der Waals surface area contributed by atoms with Gasteiger partial charge in [0.1, 0.15) is 5.82 Å². The number of benzene rings is 1. The third-order valence-corrected chi connectivity index (χ3v) is 3.22. The van der Waals surface area contributed by atoms with Crippen LogP contribution in [-0.4, -0.2) is 21.6 Å². The molecule has 0 atom stereocenters. The fraction of sp³-hybridized carbons (Fsp3) is 0.125. The lowest BCUT2D eigenvalue weighted by molar-refractivity contribution is 0.185. The monoisotopic (exact) mass is 280 g/mol. The first-order valence-corrected chi connectivity index (χ1v) is 6.60. The van der Waals surface area contributed by atoms with Crippen molar-refractivity contribution >= 4 is 5.82 Å². The summed E-state index contributed by atoms with van der Waals surface area (Å²) >= 11 is 0. The maximum Gasteiger partial charge on any atom is 0.123 e. The summed E-state index contributed by atoms with van der Waals surface area (Å²) in [6.45, 7) is 0.585. The number of hydrogen-bond acceptors (Lipinski definition) is 4. The molecule has 5 heteroatoms. The quantitative estimate of drug-likeness (QED) is 0.798. The Bertz CT molecular complexity index is 734. The molecular formula is C16H16N4O. The minimum Gasteiger partial charge on any atom is -0.384 e. The molecule has 3 rings (SSSR count). The first kappa shape index (κ1) is 13.3. The number of ether oxygens (including phenoxy) is 1. The first-order chi connectivity index (χ1) is 10.3. The van der Waals surface area contributed by atoms with Crippen molar-refractivity contribution in [1.29, 1.82) is 0 Å². The average Bonchev–Trinajstić information content (AvgIpc) is 2.98. The second-order valence-corrected chi connectivity index (χ2v) is 4.72. The van der Waals surface area contributed by atoms with Gasteiger partial charge in [0.25, 0.3) is 0 Å². The summed E-state index contributed by atoms with van der Waals surface area (Å²) < 4.78 is 7.20. The van der Waals surface area contributed by atoms with Crippen LogP contribution in [0.2, 0.25) is 0 Å². The zero-order valence-corrected chi connectivity index (χ0v) is 11.7. The predicted molar refractivity (Wildman–Crippen MR) is 81.9 cm³/mol. The Morgan fingerprint density at radius 3 is 2.86 bits per heavy atom. The molecule has 1 aromatic carbocycles. The lowest BCUT2D eigenvalue weighted by Crippen LogP contribution is -1.98. The van der Waals surface area contributed by atoms with E-state index in [1.807, 2.05) is 35.0 Å². The lowest BCUT2D eigenvalue weighted by Gasteiger charge is -2.10. The first-order valence-electron chi connectivity index (χ1n) is 6.60. The molecular weight excluding hydrogens is 264 g/mol. The minimum absolute atomic E-state index is 0.506. The van der Waals surface area contributed by atoms with Gasteiger partial charge in [-0.15, -0.1) is 0 Å². The number of nitrogens with zero attached hydrogens (tertiary/aromatic N) is 3. The number of hydrogen-bond donors (Lipinski definition) is 1. The van der Waals surface area contributed by atoms with Gasteiger partial charge in [-0.25, -0.2) is 9.97 Å². The van der Waals surface area contributed by atoms with Crippen LogP contribution in [0.5, 0.6) is 0 Å². The van der Waals surface area contributed by atoms with Crippen LogP contribution < -0.4 is 5.73 Å². The van der Waals surface area contributed by atoms with Gasteiger partial charge in [0.15, 0.2) is 0 Å². The molecule has 0 fully saturated rings. The van der Waals surface area contributed by atoms with E-state index < -0.39 is 0 Å². The second kappa shape index (κ2) is 5.76. The summed E-state index contributed by atoms with van der Waals surface area (Å²) in [6, 6.07) is 11.9. The summed E-state index contributed by atoms with van der Waals surface area (Å²) in [5, 5.41) is 0. The number of anilines is 1. The van der Waals surface area contributed by atoms with E-state index in [4.69, 9.17) is 10.5 Å². The molecule has 0 bridgehead atoms. The van der Waals surface area contributed by atoms with Crippen molar-refractivity contribution in [2.75, 3.05) is 12.8 Å². The Hall–Kier alpha value is -2.66. The van der Waals surface area contributed by atoms with Crippen LogP contribution in [-0.2, 0) is 11.3 Å². The van der Waals surface area contributed by atoms with Crippen LogP contribution in [0.1, 0.15) is 5.56 Å². The van der Waals surface area contributed by atoms with Crippen molar-refractivity contribution < 1.29 is 4.74 Å². The highest BCUT2D eigenvalue weighted by atomic mass is 16.5. The molecule has 0 unspecified atom stereocenters. The third-order valence-electron chi connectivity index (χ3n) is 3.22. The molecule has 0 radical (unpaired) electrons. The standard InChI is InChI=1S/C16H16N4O/c1-21-10-12-3-2-4-14(7-12)20-11-18-9-15(20)13-5-6-16(17)19-8-13/h2-9,11H,10H2,1H3,(H2,17,19). The molecule has 0 aliphatic heterocycles. The number of rotatable bonds is 4. The zero-order valence-electron chi connectivity index (χ0n) is 11.7. The number of pyridine rings is 1. The highest BCUT2D eigenvalue weighted by Gasteiger charge is 2.08. The van der Waals surface area contributed by atoms with E-state index in [0.717, 1.165) is 22.5 Å². The third kappa shape index (κ3) is 2.78.